The van der Waals surface area contributed by atoms with Gasteiger partial charge in [0.05, 0.1) is 4.88 Å². The van der Waals surface area contributed by atoms with Crippen LogP contribution in [-0.4, -0.2) is 9.38 Å². The van der Waals surface area contributed by atoms with Crippen LogP contribution < -0.4 is 5.73 Å². The van der Waals surface area contributed by atoms with Crippen LogP contribution in [0.25, 0.3) is 16.2 Å². The molecule has 0 aliphatic rings. The Hall–Kier alpha value is -1.81. The molecule has 0 bridgehead atoms. The number of hydrogen-bond acceptors (Lipinski definition) is 3. The van der Waals surface area contributed by atoms with Gasteiger partial charge in [-0.2, -0.15) is 0 Å². The second kappa shape index (κ2) is 3.60. The molecule has 86 valence electrons. The Morgan fingerprint density at radius 3 is 2.82 bits per heavy atom. The molecule has 0 spiro atoms. The topological polar surface area (TPSA) is 43.3 Å². The zero-order valence-electron chi connectivity index (χ0n) is 9.77. The molecule has 0 radical (unpaired) electrons. The van der Waals surface area contributed by atoms with E-state index in [4.69, 9.17) is 5.73 Å². The van der Waals surface area contributed by atoms with Crippen LogP contribution in [0.4, 0.5) is 5.82 Å². The van der Waals surface area contributed by atoms with E-state index in [-0.39, 0.29) is 0 Å². The van der Waals surface area contributed by atoms with Gasteiger partial charge in [-0.25, -0.2) is 4.98 Å². The minimum Gasteiger partial charge on any atom is -0.383 e. The smallest absolute Gasteiger partial charge is 0.139 e. The van der Waals surface area contributed by atoms with E-state index in [1.807, 2.05) is 22.7 Å². The maximum atomic E-state index is 6.16. The zero-order chi connectivity index (χ0) is 12.0. The van der Waals surface area contributed by atoms with E-state index in [1.165, 1.54) is 11.1 Å². The monoisotopic (exact) mass is 243 g/mol. The third-order valence-electron chi connectivity index (χ3n) is 2.90. The van der Waals surface area contributed by atoms with Gasteiger partial charge in [-0.3, -0.25) is 4.40 Å². The van der Waals surface area contributed by atoms with E-state index in [0.717, 1.165) is 16.2 Å². The second-order valence-electron chi connectivity index (χ2n) is 4.21. The number of nitrogens with zero attached hydrogens (tertiary/aromatic N) is 2. The Labute approximate surface area is 104 Å². The Morgan fingerprint density at radius 2 is 2.12 bits per heavy atom. The highest BCUT2D eigenvalue weighted by molar-refractivity contribution is 7.13. The maximum Gasteiger partial charge on any atom is 0.139 e. The molecule has 17 heavy (non-hydrogen) atoms. The SMILES string of the molecule is Cc1ccn2c(N)c(-c3sccc3C)nc2c1. The van der Waals surface area contributed by atoms with Crippen LogP contribution >= 0.6 is 11.3 Å². The molecule has 0 saturated carbocycles. The molecule has 3 aromatic rings. The van der Waals surface area contributed by atoms with E-state index >= 15 is 0 Å². The molecule has 0 fully saturated rings. The fourth-order valence-corrected chi connectivity index (χ4v) is 2.87. The summed E-state index contributed by atoms with van der Waals surface area (Å²) < 4.78 is 1.93. The summed E-state index contributed by atoms with van der Waals surface area (Å²) in [6.07, 6.45) is 1.97. The van der Waals surface area contributed by atoms with Gasteiger partial charge in [0.15, 0.2) is 0 Å². The summed E-state index contributed by atoms with van der Waals surface area (Å²) in [5.41, 5.74) is 10.4. The van der Waals surface area contributed by atoms with Crippen molar-refractivity contribution in [3.8, 4) is 10.6 Å². The minimum atomic E-state index is 0.713. The summed E-state index contributed by atoms with van der Waals surface area (Å²) in [7, 11) is 0. The normalized spacial score (nSPS) is 11.2. The molecule has 0 amide bonds. The lowest BCUT2D eigenvalue weighted by Crippen LogP contribution is -1.93. The third kappa shape index (κ3) is 1.52. The van der Waals surface area contributed by atoms with Gasteiger partial charge in [0.1, 0.15) is 17.2 Å². The number of fused-ring (bicyclic) bond motifs is 1. The lowest BCUT2D eigenvalue weighted by atomic mass is 10.2. The first kappa shape index (κ1) is 10.4. The number of aryl methyl sites for hydroxylation is 2. The van der Waals surface area contributed by atoms with Gasteiger partial charge < -0.3 is 5.73 Å². The van der Waals surface area contributed by atoms with Crippen LogP contribution in [0.5, 0.6) is 0 Å². The second-order valence-corrected chi connectivity index (χ2v) is 5.13. The molecule has 0 saturated heterocycles. The first-order valence-electron chi connectivity index (χ1n) is 5.45. The van der Waals surface area contributed by atoms with Crippen molar-refractivity contribution in [2.45, 2.75) is 13.8 Å². The number of aromatic nitrogens is 2. The highest BCUT2D eigenvalue weighted by atomic mass is 32.1. The average molecular weight is 243 g/mol. The van der Waals surface area contributed by atoms with Crippen molar-refractivity contribution in [2.75, 3.05) is 5.73 Å². The number of imidazole rings is 1. The van der Waals surface area contributed by atoms with Gasteiger partial charge in [-0.05, 0) is 48.6 Å². The minimum absolute atomic E-state index is 0.713. The number of nitrogen functional groups attached to an aromatic ring is 1. The Kier molecular flexibility index (Phi) is 2.19. The van der Waals surface area contributed by atoms with Gasteiger partial charge in [0, 0.05) is 6.20 Å². The molecule has 0 aliphatic carbocycles. The quantitative estimate of drug-likeness (QED) is 0.713. The maximum absolute atomic E-state index is 6.16. The van der Waals surface area contributed by atoms with E-state index < -0.39 is 0 Å². The van der Waals surface area contributed by atoms with E-state index in [1.54, 1.807) is 11.3 Å². The van der Waals surface area contributed by atoms with Crippen LogP contribution in [0.2, 0.25) is 0 Å². The predicted molar refractivity (Wildman–Crippen MR) is 72.4 cm³/mol. The lowest BCUT2D eigenvalue weighted by Gasteiger charge is -1.98. The number of thiophene rings is 1. The van der Waals surface area contributed by atoms with Crippen molar-refractivity contribution in [2.24, 2.45) is 0 Å². The number of rotatable bonds is 1. The number of hydrogen-bond donors (Lipinski definition) is 1. The van der Waals surface area contributed by atoms with E-state index in [9.17, 15) is 0 Å². The first-order valence-corrected chi connectivity index (χ1v) is 6.33. The fraction of sp³-hybridized carbons (Fsp3) is 0.154. The van der Waals surface area contributed by atoms with Crippen LogP contribution in [0.1, 0.15) is 11.1 Å². The molecule has 0 aromatic carbocycles. The molecule has 0 atom stereocenters. The molecule has 3 aromatic heterocycles. The van der Waals surface area contributed by atoms with Gasteiger partial charge in [-0.15, -0.1) is 11.3 Å². The largest absolute Gasteiger partial charge is 0.383 e. The predicted octanol–water partition coefficient (Wildman–Crippen LogP) is 3.26. The molecular weight excluding hydrogens is 230 g/mol. The first-order chi connectivity index (χ1) is 8.16. The standard InChI is InChI=1S/C13H13N3S/c1-8-3-5-16-10(7-8)15-11(13(16)14)12-9(2)4-6-17-12/h3-7H,14H2,1-2H3. The van der Waals surface area contributed by atoms with Crippen molar-refractivity contribution >= 4 is 22.8 Å². The van der Waals surface area contributed by atoms with E-state index in [2.05, 4.69) is 30.3 Å². The Morgan fingerprint density at radius 1 is 1.29 bits per heavy atom. The summed E-state index contributed by atoms with van der Waals surface area (Å²) in [6.45, 7) is 4.14. The van der Waals surface area contributed by atoms with Gasteiger partial charge in [0.2, 0.25) is 0 Å². The molecular formula is C13H13N3S. The van der Waals surface area contributed by atoms with Crippen molar-refractivity contribution in [3.63, 3.8) is 0 Å². The lowest BCUT2D eigenvalue weighted by molar-refractivity contribution is 1.18. The van der Waals surface area contributed by atoms with Crippen LogP contribution in [-0.2, 0) is 0 Å². The molecule has 3 heterocycles. The molecule has 2 N–H and O–H groups in total. The van der Waals surface area contributed by atoms with Gasteiger partial charge in [-0.1, -0.05) is 0 Å². The molecule has 0 aliphatic heterocycles. The van der Waals surface area contributed by atoms with Crippen LogP contribution in [0, 0.1) is 13.8 Å². The number of pyridine rings is 1. The Balaban J connectivity index is 2.31. The summed E-state index contributed by atoms with van der Waals surface area (Å²) >= 11 is 1.68. The van der Waals surface area contributed by atoms with Gasteiger partial charge >= 0.3 is 0 Å². The van der Waals surface area contributed by atoms with Gasteiger partial charge in [0.25, 0.3) is 0 Å². The molecule has 3 rings (SSSR count). The summed E-state index contributed by atoms with van der Waals surface area (Å²) in [4.78, 5) is 5.78. The van der Waals surface area contributed by atoms with E-state index in [0.29, 0.717) is 5.82 Å². The number of nitrogens with two attached hydrogens (primary N) is 1. The van der Waals surface area contributed by atoms with Crippen molar-refractivity contribution < 1.29 is 0 Å². The van der Waals surface area contributed by atoms with Crippen molar-refractivity contribution in [1.82, 2.24) is 9.38 Å². The third-order valence-corrected chi connectivity index (χ3v) is 3.92. The summed E-state index contributed by atoms with van der Waals surface area (Å²) in [5.74, 6) is 0.713. The Bertz CT molecular complexity index is 694. The van der Waals surface area contributed by atoms with Crippen molar-refractivity contribution in [3.05, 3.63) is 40.9 Å². The number of anilines is 1. The summed E-state index contributed by atoms with van der Waals surface area (Å²) in [5, 5.41) is 2.07. The highest BCUT2D eigenvalue weighted by Gasteiger charge is 2.13. The average Bonchev–Trinajstić information content (AvgIpc) is 2.83. The van der Waals surface area contributed by atoms with Crippen LogP contribution in [0.15, 0.2) is 29.8 Å². The highest BCUT2D eigenvalue weighted by Crippen LogP contribution is 2.33. The molecule has 4 heteroatoms. The van der Waals surface area contributed by atoms with Crippen LogP contribution in [0.3, 0.4) is 0 Å². The fourth-order valence-electron chi connectivity index (χ4n) is 1.95. The molecule has 0 unspecified atom stereocenters. The zero-order valence-corrected chi connectivity index (χ0v) is 10.6. The molecule has 3 nitrogen and oxygen atoms in total. The van der Waals surface area contributed by atoms with Crippen molar-refractivity contribution in [1.29, 1.82) is 0 Å². The summed E-state index contributed by atoms with van der Waals surface area (Å²) in [6, 6.07) is 6.17.